The highest BCUT2D eigenvalue weighted by atomic mass is 35.5. The molecule has 0 atom stereocenters. The van der Waals surface area contributed by atoms with Crippen LogP contribution in [-0.4, -0.2) is 90.2 Å². The van der Waals surface area contributed by atoms with Gasteiger partial charge in [-0.15, -0.1) is 0 Å². The minimum atomic E-state index is -0.481. The average Bonchev–Trinajstić information content (AvgIpc) is 3.24. The second-order valence-corrected chi connectivity index (χ2v) is 10.1. The Bertz CT molecular complexity index is 1300. The molecule has 2 amide bonds. The quantitative estimate of drug-likeness (QED) is 0.417. The van der Waals surface area contributed by atoms with Gasteiger partial charge in [-0.25, -0.2) is 19.2 Å². The van der Waals surface area contributed by atoms with Crippen LogP contribution < -0.4 is 14.8 Å². The van der Waals surface area contributed by atoms with Crippen LogP contribution in [0.15, 0.2) is 36.7 Å². The standard InChI is InChI=1S/C27H32ClFN6O3/c1-33-12-13-35(27(33)36)9-3-8-34-10-6-19(7-11-34)38-25-15-20-23(16-24(25)37-2)30-17-31-26(20)32-18-4-5-22(29)21(28)14-18/h4-5,14-17,19H,3,6-13H2,1-2H3,(H,30,31,32). The lowest BCUT2D eigenvalue weighted by Gasteiger charge is -2.32. The Morgan fingerprint density at radius 3 is 2.61 bits per heavy atom. The normalized spacial score (nSPS) is 16.9. The first-order valence-corrected chi connectivity index (χ1v) is 13.2. The van der Waals surface area contributed by atoms with Crippen molar-refractivity contribution in [2.75, 3.05) is 58.7 Å². The summed E-state index contributed by atoms with van der Waals surface area (Å²) >= 11 is 5.95. The molecule has 0 saturated carbocycles. The SMILES string of the molecule is COc1cc2ncnc(Nc3ccc(F)c(Cl)c3)c2cc1OC1CCN(CCCN2CCN(C)C2=O)CC1. The molecule has 11 heteroatoms. The van der Waals surface area contributed by atoms with E-state index in [1.54, 1.807) is 18.1 Å². The van der Waals surface area contributed by atoms with Crippen LogP contribution in [0.5, 0.6) is 11.5 Å². The van der Waals surface area contributed by atoms with Crippen molar-refractivity contribution < 1.29 is 18.7 Å². The van der Waals surface area contributed by atoms with Crippen LogP contribution in [0.1, 0.15) is 19.3 Å². The van der Waals surface area contributed by atoms with E-state index < -0.39 is 5.82 Å². The van der Waals surface area contributed by atoms with Crippen LogP contribution in [-0.2, 0) is 0 Å². The van der Waals surface area contributed by atoms with Gasteiger partial charge in [0.05, 0.1) is 17.6 Å². The number of aromatic nitrogens is 2. The van der Waals surface area contributed by atoms with Gasteiger partial charge < -0.3 is 29.5 Å². The Balaban J connectivity index is 1.22. The zero-order valence-corrected chi connectivity index (χ0v) is 22.4. The first kappa shape index (κ1) is 26.2. The first-order chi connectivity index (χ1) is 18.4. The van der Waals surface area contributed by atoms with E-state index in [-0.39, 0.29) is 17.2 Å². The molecule has 1 N–H and O–H groups in total. The largest absolute Gasteiger partial charge is 0.493 e. The number of carbonyl (C=O) groups is 1. The van der Waals surface area contributed by atoms with Crippen LogP contribution in [0.25, 0.3) is 10.9 Å². The Morgan fingerprint density at radius 1 is 1.08 bits per heavy atom. The van der Waals surface area contributed by atoms with Gasteiger partial charge >= 0.3 is 6.03 Å². The summed E-state index contributed by atoms with van der Waals surface area (Å²) in [6.07, 6.45) is 4.29. The van der Waals surface area contributed by atoms with E-state index in [0.29, 0.717) is 28.5 Å². The monoisotopic (exact) mass is 542 g/mol. The van der Waals surface area contributed by atoms with Gasteiger partial charge in [-0.1, -0.05) is 11.6 Å². The molecule has 0 bridgehead atoms. The van der Waals surface area contributed by atoms with Crippen molar-refractivity contribution in [3.8, 4) is 11.5 Å². The van der Waals surface area contributed by atoms with Crippen molar-refractivity contribution in [1.29, 1.82) is 0 Å². The summed E-state index contributed by atoms with van der Waals surface area (Å²) in [7, 11) is 3.46. The smallest absolute Gasteiger partial charge is 0.319 e. The molecule has 202 valence electrons. The van der Waals surface area contributed by atoms with Gasteiger partial charge in [-0.2, -0.15) is 0 Å². The maximum absolute atomic E-state index is 13.6. The Labute approximate surface area is 226 Å². The van der Waals surface area contributed by atoms with Crippen molar-refractivity contribution in [2.24, 2.45) is 0 Å². The number of amides is 2. The molecule has 0 aliphatic carbocycles. The number of methoxy groups -OCH3 is 1. The van der Waals surface area contributed by atoms with Crippen molar-refractivity contribution in [3.63, 3.8) is 0 Å². The van der Waals surface area contributed by atoms with Gasteiger partial charge in [-0.05, 0) is 50.1 Å². The highest BCUT2D eigenvalue weighted by Crippen LogP contribution is 2.36. The molecule has 0 unspecified atom stereocenters. The second kappa shape index (κ2) is 11.6. The van der Waals surface area contributed by atoms with E-state index >= 15 is 0 Å². The van der Waals surface area contributed by atoms with E-state index in [4.69, 9.17) is 21.1 Å². The van der Waals surface area contributed by atoms with Gasteiger partial charge in [0.25, 0.3) is 0 Å². The van der Waals surface area contributed by atoms with Crippen molar-refractivity contribution in [3.05, 3.63) is 47.5 Å². The Hall–Kier alpha value is -3.37. The second-order valence-electron chi connectivity index (χ2n) is 9.70. The molecule has 0 spiro atoms. The molecular weight excluding hydrogens is 511 g/mol. The average molecular weight is 543 g/mol. The highest BCUT2D eigenvalue weighted by Gasteiger charge is 2.26. The fraction of sp³-hybridized carbons (Fsp3) is 0.444. The van der Waals surface area contributed by atoms with E-state index in [2.05, 4.69) is 20.2 Å². The van der Waals surface area contributed by atoms with Crippen LogP contribution in [0.4, 0.5) is 20.7 Å². The topological polar surface area (TPSA) is 83.1 Å². The molecule has 3 aromatic rings. The number of piperidine rings is 1. The van der Waals surface area contributed by atoms with Crippen molar-refractivity contribution >= 4 is 40.0 Å². The number of carbonyl (C=O) groups excluding carboxylic acids is 1. The number of ether oxygens (including phenoxy) is 2. The molecule has 0 radical (unpaired) electrons. The van der Waals surface area contributed by atoms with Gasteiger partial charge in [0.1, 0.15) is 24.1 Å². The molecule has 2 aliphatic rings. The minimum Gasteiger partial charge on any atom is -0.493 e. The number of halogens is 2. The summed E-state index contributed by atoms with van der Waals surface area (Å²) in [6.45, 7) is 5.28. The van der Waals surface area contributed by atoms with Crippen LogP contribution >= 0.6 is 11.6 Å². The summed E-state index contributed by atoms with van der Waals surface area (Å²) in [4.78, 5) is 27.0. The molecule has 2 fully saturated rings. The van der Waals surface area contributed by atoms with Crippen molar-refractivity contribution in [2.45, 2.75) is 25.4 Å². The van der Waals surface area contributed by atoms with Crippen LogP contribution in [0, 0.1) is 5.82 Å². The number of hydrogen-bond donors (Lipinski definition) is 1. The Morgan fingerprint density at radius 2 is 1.89 bits per heavy atom. The lowest BCUT2D eigenvalue weighted by atomic mass is 10.1. The lowest BCUT2D eigenvalue weighted by molar-refractivity contribution is 0.0962. The molecule has 2 aliphatic heterocycles. The van der Waals surface area contributed by atoms with Gasteiger partial charge in [0.15, 0.2) is 11.5 Å². The molecule has 2 aromatic carbocycles. The number of nitrogens with zero attached hydrogens (tertiary/aromatic N) is 5. The predicted octanol–water partition coefficient (Wildman–Crippen LogP) is 4.78. The van der Waals surface area contributed by atoms with E-state index in [9.17, 15) is 9.18 Å². The zero-order valence-electron chi connectivity index (χ0n) is 21.6. The number of rotatable bonds is 9. The van der Waals surface area contributed by atoms with Crippen LogP contribution in [0.2, 0.25) is 5.02 Å². The maximum Gasteiger partial charge on any atom is 0.319 e. The summed E-state index contributed by atoms with van der Waals surface area (Å²) in [5.41, 5.74) is 1.31. The van der Waals surface area contributed by atoms with E-state index in [0.717, 1.165) is 63.9 Å². The number of urea groups is 1. The summed E-state index contributed by atoms with van der Waals surface area (Å²) in [5.74, 6) is 1.31. The molecular formula is C27H32ClFN6O3. The third-order valence-electron chi connectivity index (χ3n) is 7.14. The number of benzene rings is 2. The van der Waals surface area contributed by atoms with Crippen LogP contribution in [0.3, 0.4) is 0 Å². The molecule has 5 rings (SSSR count). The number of nitrogens with one attached hydrogen (secondary N) is 1. The summed E-state index contributed by atoms with van der Waals surface area (Å²) in [5, 5.41) is 3.98. The molecule has 9 nitrogen and oxygen atoms in total. The first-order valence-electron chi connectivity index (χ1n) is 12.8. The minimum absolute atomic E-state index is 0.0301. The number of fused-ring (bicyclic) bond motifs is 1. The van der Waals surface area contributed by atoms with E-state index in [1.165, 1.54) is 18.5 Å². The van der Waals surface area contributed by atoms with Crippen molar-refractivity contribution in [1.82, 2.24) is 24.7 Å². The number of likely N-dealkylation sites (tertiary alicyclic amines) is 1. The number of anilines is 2. The zero-order chi connectivity index (χ0) is 26.6. The molecule has 1 aromatic heterocycles. The van der Waals surface area contributed by atoms with E-state index in [1.807, 2.05) is 24.1 Å². The highest BCUT2D eigenvalue weighted by molar-refractivity contribution is 6.31. The third kappa shape index (κ3) is 5.86. The number of hydrogen-bond acceptors (Lipinski definition) is 7. The Kier molecular flexibility index (Phi) is 7.99. The number of likely N-dealkylation sites (N-methyl/N-ethyl adjacent to an activating group) is 1. The fourth-order valence-corrected chi connectivity index (χ4v) is 5.13. The molecule has 2 saturated heterocycles. The maximum atomic E-state index is 13.6. The van der Waals surface area contributed by atoms with Gasteiger partial charge in [0, 0.05) is 56.9 Å². The fourth-order valence-electron chi connectivity index (χ4n) is 4.95. The molecule has 3 heterocycles. The lowest BCUT2D eigenvalue weighted by Crippen LogP contribution is -2.40. The predicted molar refractivity (Wildman–Crippen MR) is 145 cm³/mol. The van der Waals surface area contributed by atoms with Gasteiger partial charge in [-0.3, -0.25) is 0 Å². The molecule has 38 heavy (non-hydrogen) atoms. The summed E-state index contributed by atoms with van der Waals surface area (Å²) < 4.78 is 25.6. The van der Waals surface area contributed by atoms with Gasteiger partial charge in [0.2, 0.25) is 0 Å². The summed E-state index contributed by atoms with van der Waals surface area (Å²) in [6, 6.07) is 8.28. The third-order valence-corrected chi connectivity index (χ3v) is 7.43.